The molecule has 1 saturated heterocycles. The number of amides is 2. The molecular weight excluding hydrogens is 382 g/mol. The van der Waals surface area contributed by atoms with E-state index in [1.807, 2.05) is 36.1 Å². The zero-order chi connectivity index (χ0) is 21.1. The van der Waals surface area contributed by atoms with Crippen molar-refractivity contribution in [3.05, 3.63) is 54.0 Å². The van der Waals surface area contributed by atoms with Crippen LogP contribution in [-0.2, 0) is 16.0 Å². The number of rotatable bonds is 5. The number of likely N-dealkylation sites (tertiary alicyclic amines) is 1. The van der Waals surface area contributed by atoms with Gasteiger partial charge in [-0.05, 0) is 50.1 Å². The van der Waals surface area contributed by atoms with Crippen LogP contribution < -0.4 is 5.32 Å². The normalized spacial score (nSPS) is 16.1. The van der Waals surface area contributed by atoms with Gasteiger partial charge in [-0.15, -0.1) is 0 Å². The van der Waals surface area contributed by atoms with Crippen molar-refractivity contribution >= 4 is 28.9 Å². The lowest BCUT2D eigenvalue weighted by atomic mass is 10.1. The van der Waals surface area contributed by atoms with Gasteiger partial charge >= 0.3 is 12.0 Å². The molecule has 8 nitrogen and oxygen atoms in total. The lowest BCUT2D eigenvalue weighted by Crippen LogP contribution is -2.33. The smallest absolute Gasteiger partial charge is 0.321 e. The topological polar surface area (TPSA) is 89.4 Å². The van der Waals surface area contributed by atoms with Crippen molar-refractivity contribution in [1.29, 1.82) is 0 Å². The van der Waals surface area contributed by atoms with Crippen molar-refractivity contribution in [2.24, 2.45) is 0 Å². The molecular formula is C22H25N5O3. The zero-order valence-electron chi connectivity index (χ0n) is 17.2. The van der Waals surface area contributed by atoms with E-state index in [0.717, 1.165) is 29.0 Å². The maximum atomic E-state index is 12.7. The molecule has 2 aromatic heterocycles. The number of ether oxygens (including phenoxy) is 1. The number of benzene rings is 1. The highest BCUT2D eigenvalue weighted by molar-refractivity contribution is 5.89. The van der Waals surface area contributed by atoms with Gasteiger partial charge in [0.2, 0.25) is 0 Å². The number of carbonyl (C=O) groups excluding carboxylic acids is 2. The quantitative estimate of drug-likeness (QED) is 0.656. The number of urea groups is 1. The zero-order valence-corrected chi connectivity index (χ0v) is 17.2. The molecule has 0 unspecified atom stereocenters. The average Bonchev–Trinajstić information content (AvgIpc) is 3.33. The third-order valence-corrected chi connectivity index (χ3v) is 5.30. The number of anilines is 1. The molecule has 0 radical (unpaired) electrons. The summed E-state index contributed by atoms with van der Waals surface area (Å²) in [4.78, 5) is 35.2. The number of hydrogen-bond donors (Lipinski definition) is 1. The number of imidazole rings is 1. The summed E-state index contributed by atoms with van der Waals surface area (Å²) in [6.45, 7) is 5.40. The van der Waals surface area contributed by atoms with Gasteiger partial charge in [0.25, 0.3) is 0 Å². The van der Waals surface area contributed by atoms with Crippen molar-refractivity contribution in [2.45, 2.75) is 32.7 Å². The minimum absolute atomic E-state index is 0.134. The van der Waals surface area contributed by atoms with Gasteiger partial charge in [0.1, 0.15) is 11.3 Å². The minimum atomic E-state index is -0.255. The molecule has 8 heteroatoms. The third kappa shape index (κ3) is 4.12. The maximum Gasteiger partial charge on any atom is 0.321 e. The second kappa shape index (κ2) is 8.52. The lowest BCUT2D eigenvalue weighted by Gasteiger charge is -2.19. The van der Waals surface area contributed by atoms with Crippen molar-refractivity contribution in [2.75, 3.05) is 25.0 Å². The Hall–Kier alpha value is -3.42. The number of aryl methyl sites for hydroxylation is 1. The predicted molar refractivity (Wildman–Crippen MR) is 113 cm³/mol. The SMILES string of the molecule is CCOC(=O)Cc1ccc(NC(=O)N2CC[C@H](n3c(C)nc4cccnc43)C2)cc1. The van der Waals surface area contributed by atoms with Crippen LogP contribution >= 0.6 is 0 Å². The first-order valence-corrected chi connectivity index (χ1v) is 10.1. The summed E-state index contributed by atoms with van der Waals surface area (Å²) in [6, 6.07) is 11.1. The molecule has 1 aliphatic heterocycles. The van der Waals surface area contributed by atoms with Crippen LogP contribution in [0.3, 0.4) is 0 Å². The molecule has 1 aromatic carbocycles. The van der Waals surface area contributed by atoms with Gasteiger partial charge in [0.05, 0.1) is 19.1 Å². The second-order valence-electron chi connectivity index (χ2n) is 7.37. The van der Waals surface area contributed by atoms with Gasteiger partial charge in [-0.2, -0.15) is 0 Å². The number of pyridine rings is 1. The van der Waals surface area contributed by atoms with E-state index in [9.17, 15) is 9.59 Å². The van der Waals surface area contributed by atoms with Gasteiger partial charge in [0, 0.05) is 25.0 Å². The van der Waals surface area contributed by atoms with Crippen molar-refractivity contribution in [1.82, 2.24) is 19.4 Å². The summed E-state index contributed by atoms with van der Waals surface area (Å²) in [5, 5.41) is 2.94. The monoisotopic (exact) mass is 407 g/mol. The molecule has 1 N–H and O–H groups in total. The van der Waals surface area contributed by atoms with Crippen LogP contribution in [-0.4, -0.2) is 51.1 Å². The van der Waals surface area contributed by atoms with Crippen LogP contribution in [0.2, 0.25) is 0 Å². The first kappa shape index (κ1) is 19.9. The summed E-state index contributed by atoms with van der Waals surface area (Å²) >= 11 is 0. The molecule has 0 aliphatic carbocycles. The number of nitrogens with zero attached hydrogens (tertiary/aromatic N) is 4. The van der Waals surface area contributed by atoms with Crippen molar-refractivity contribution in [3.63, 3.8) is 0 Å². The molecule has 1 atom stereocenters. The molecule has 3 aromatic rings. The Labute approximate surface area is 174 Å². The Morgan fingerprint density at radius 3 is 2.80 bits per heavy atom. The molecule has 0 bridgehead atoms. The van der Waals surface area contributed by atoms with E-state index in [0.29, 0.717) is 25.4 Å². The third-order valence-electron chi connectivity index (χ3n) is 5.30. The van der Waals surface area contributed by atoms with Crippen LogP contribution in [0.4, 0.5) is 10.5 Å². The van der Waals surface area contributed by atoms with Gasteiger partial charge in [0.15, 0.2) is 5.65 Å². The fourth-order valence-corrected chi connectivity index (χ4v) is 3.90. The standard InChI is InChI=1S/C22H25N5O3/c1-3-30-20(28)13-16-6-8-17(9-7-16)25-22(29)26-12-10-18(14-26)27-15(2)24-19-5-4-11-23-21(19)27/h4-9,11,18H,3,10,12-14H2,1-2H3,(H,25,29)/t18-/m0/s1. The van der Waals surface area contributed by atoms with Gasteiger partial charge in [-0.1, -0.05) is 12.1 Å². The van der Waals surface area contributed by atoms with E-state index in [1.165, 1.54) is 0 Å². The molecule has 1 fully saturated rings. The van der Waals surface area contributed by atoms with Gasteiger partial charge in [-0.25, -0.2) is 14.8 Å². The fraction of sp³-hybridized carbons (Fsp3) is 0.364. The Morgan fingerprint density at radius 1 is 1.23 bits per heavy atom. The maximum absolute atomic E-state index is 12.7. The molecule has 3 heterocycles. The number of fused-ring (bicyclic) bond motifs is 1. The van der Waals surface area contributed by atoms with E-state index in [2.05, 4.69) is 19.9 Å². The average molecular weight is 407 g/mol. The van der Waals surface area contributed by atoms with E-state index in [1.54, 1.807) is 25.3 Å². The van der Waals surface area contributed by atoms with Crippen LogP contribution in [0.25, 0.3) is 11.2 Å². The van der Waals surface area contributed by atoms with Gasteiger partial charge < -0.3 is 19.5 Å². The summed E-state index contributed by atoms with van der Waals surface area (Å²) in [5.74, 6) is 0.655. The Kier molecular flexibility index (Phi) is 5.65. The molecule has 156 valence electrons. The molecule has 2 amide bonds. The van der Waals surface area contributed by atoms with Crippen molar-refractivity contribution < 1.29 is 14.3 Å². The number of aromatic nitrogens is 3. The summed E-state index contributed by atoms with van der Waals surface area (Å²) in [5.41, 5.74) is 3.28. The van der Waals surface area contributed by atoms with Crippen LogP contribution in [0.15, 0.2) is 42.6 Å². The largest absolute Gasteiger partial charge is 0.466 e. The number of esters is 1. The number of hydrogen-bond acceptors (Lipinski definition) is 5. The Bertz CT molecular complexity index is 1060. The van der Waals surface area contributed by atoms with Crippen LogP contribution in [0, 0.1) is 6.92 Å². The minimum Gasteiger partial charge on any atom is -0.466 e. The highest BCUT2D eigenvalue weighted by atomic mass is 16.5. The van der Waals surface area contributed by atoms with Crippen LogP contribution in [0.5, 0.6) is 0 Å². The number of carbonyl (C=O) groups is 2. The van der Waals surface area contributed by atoms with E-state index in [-0.39, 0.29) is 24.5 Å². The molecule has 0 saturated carbocycles. The Morgan fingerprint density at radius 2 is 2.03 bits per heavy atom. The van der Waals surface area contributed by atoms with Crippen LogP contribution in [0.1, 0.15) is 30.8 Å². The number of nitrogens with one attached hydrogen (secondary N) is 1. The summed E-state index contributed by atoms with van der Waals surface area (Å²) in [6.07, 6.45) is 2.85. The van der Waals surface area contributed by atoms with E-state index < -0.39 is 0 Å². The molecule has 4 rings (SSSR count). The highest BCUT2D eigenvalue weighted by Gasteiger charge is 2.29. The second-order valence-corrected chi connectivity index (χ2v) is 7.37. The van der Waals surface area contributed by atoms with E-state index in [4.69, 9.17) is 4.74 Å². The molecule has 0 spiro atoms. The lowest BCUT2D eigenvalue weighted by molar-refractivity contribution is -0.142. The van der Waals surface area contributed by atoms with Crippen molar-refractivity contribution in [3.8, 4) is 0 Å². The fourth-order valence-electron chi connectivity index (χ4n) is 3.90. The summed E-state index contributed by atoms with van der Waals surface area (Å²) < 4.78 is 7.09. The molecule has 30 heavy (non-hydrogen) atoms. The first-order valence-electron chi connectivity index (χ1n) is 10.1. The highest BCUT2D eigenvalue weighted by Crippen LogP contribution is 2.27. The van der Waals surface area contributed by atoms with E-state index >= 15 is 0 Å². The van der Waals surface area contributed by atoms with Gasteiger partial charge in [-0.3, -0.25) is 4.79 Å². The Balaban J connectivity index is 1.38. The predicted octanol–water partition coefficient (Wildman–Crippen LogP) is 3.32. The molecule has 1 aliphatic rings. The first-order chi connectivity index (χ1) is 14.5. The summed E-state index contributed by atoms with van der Waals surface area (Å²) in [7, 11) is 0.